The molecule has 0 saturated heterocycles. The molecule has 0 aliphatic rings. The van der Waals surface area contributed by atoms with E-state index in [-0.39, 0.29) is 23.3 Å². The molecule has 1 atom stereocenters. The lowest BCUT2D eigenvalue weighted by molar-refractivity contribution is 0.0893. The van der Waals surface area contributed by atoms with Crippen molar-refractivity contribution in [1.82, 2.24) is 5.32 Å². The summed E-state index contributed by atoms with van der Waals surface area (Å²) in [5, 5.41) is 13.6. The van der Waals surface area contributed by atoms with E-state index in [2.05, 4.69) is 21.2 Å². The molecule has 0 aliphatic carbocycles. The van der Waals surface area contributed by atoms with Crippen molar-refractivity contribution in [3.8, 4) is 5.75 Å². The Kier molecular flexibility index (Phi) is 6.46. The summed E-state index contributed by atoms with van der Waals surface area (Å²) >= 11 is 9.03. The van der Waals surface area contributed by atoms with Gasteiger partial charge < -0.3 is 15.2 Å². The topological polar surface area (TPSA) is 58.6 Å². The number of halogens is 2. The second-order valence-electron chi connectivity index (χ2n) is 3.76. The van der Waals surface area contributed by atoms with Crippen LogP contribution >= 0.6 is 27.5 Å². The zero-order chi connectivity index (χ0) is 13.5. The Morgan fingerprint density at radius 1 is 1.61 bits per heavy atom. The minimum absolute atomic E-state index is 0.100. The van der Waals surface area contributed by atoms with Crippen molar-refractivity contribution in [1.29, 1.82) is 0 Å². The van der Waals surface area contributed by atoms with Crippen LogP contribution in [0.1, 0.15) is 16.8 Å². The molecule has 0 saturated carbocycles. The van der Waals surface area contributed by atoms with E-state index in [0.717, 1.165) is 11.8 Å². The van der Waals surface area contributed by atoms with Crippen molar-refractivity contribution in [3.63, 3.8) is 0 Å². The van der Waals surface area contributed by atoms with Gasteiger partial charge in [-0.1, -0.05) is 27.5 Å². The molecule has 1 unspecified atom stereocenters. The summed E-state index contributed by atoms with van der Waals surface area (Å²) in [6.07, 6.45) is 0.744. The van der Waals surface area contributed by atoms with Crippen LogP contribution in [0.2, 0.25) is 5.02 Å². The highest BCUT2D eigenvalue weighted by atomic mass is 79.9. The summed E-state index contributed by atoms with van der Waals surface area (Å²) in [5.74, 6) is -0.470. The van der Waals surface area contributed by atoms with Gasteiger partial charge in [0, 0.05) is 17.5 Å². The van der Waals surface area contributed by atoms with E-state index in [1.165, 1.54) is 12.1 Å². The maximum Gasteiger partial charge on any atom is 0.255 e. The molecule has 0 radical (unpaired) electrons. The predicted octanol–water partition coefficient (Wildman–Crippen LogP) is 2.58. The number of aromatic hydroxyl groups is 1. The number of hydrogen-bond donors (Lipinski definition) is 2. The van der Waals surface area contributed by atoms with Crippen molar-refractivity contribution >= 4 is 33.4 Å². The van der Waals surface area contributed by atoms with Crippen LogP contribution in [-0.4, -0.2) is 36.1 Å². The Balaban J connectivity index is 2.73. The molecule has 100 valence electrons. The Morgan fingerprint density at radius 3 is 2.89 bits per heavy atom. The second kappa shape index (κ2) is 7.61. The van der Waals surface area contributed by atoms with Gasteiger partial charge in [0.15, 0.2) is 0 Å². The summed E-state index contributed by atoms with van der Waals surface area (Å²) in [4.78, 5) is 12.0. The van der Waals surface area contributed by atoms with E-state index in [1.54, 1.807) is 13.2 Å². The SMILES string of the molecule is COCC(CCBr)NC(=O)c1ccc(Cl)cc1O. The van der Waals surface area contributed by atoms with Crippen molar-refractivity contribution in [3.05, 3.63) is 28.8 Å². The highest BCUT2D eigenvalue weighted by Gasteiger charge is 2.16. The molecule has 4 nitrogen and oxygen atoms in total. The number of phenols is 1. The van der Waals surface area contributed by atoms with E-state index in [1.807, 2.05) is 0 Å². The van der Waals surface area contributed by atoms with Gasteiger partial charge in [-0.3, -0.25) is 4.79 Å². The van der Waals surface area contributed by atoms with Crippen LogP contribution in [0.5, 0.6) is 5.75 Å². The Labute approximate surface area is 119 Å². The number of carbonyl (C=O) groups excluding carboxylic acids is 1. The van der Waals surface area contributed by atoms with Crippen molar-refractivity contribution in [2.24, 2.45) is 0 Å². The lowest BCUT2D eigenvalue weighted by atomic mass is 10.1. The first-order valence-corrected chi connectivity index (χ1v) is 6.92. The monoisotopic (exact) mass is 335 g/mol. The molecule has 18 heavy (non-hydrogen) atoms. The first-order chi connectivity index (χ1) is 8.58. The molecule has 0 fully saturated rings. The number of ether oxygens (including phenoxy) is 1. The van der Waals surface area contributed by atoms with Crippen LogP contribution < -0.4 is 5.32 Å². The van der Waals surface area contributed by atoms with E-state index >= 15 is 0 Å². The summed E-state index contributed by atoms with van der Waals surface area (Å²) < 4.78 is 5.02. The zero-order valence-corrected chi connectivity index (χ0v) is 12.3. The Bertz CT molecular complexity index is 408. The quantitative estimate of drug-likeness (QED) is 0.785. The van der Waals surface area contributed by atoms with E-state index in [9.17, 15) is 9.90 Å². The molecule has 1 amide bonds. The van der Waals surface area contributed by atoms with Crippen LogP contribution in [0.4, 0.5) is 0 Å². The average molecular weight is 337 g/mol. The first kappa shape index (κ1) is 15.3. The van der Waals surface area contributed by atoms with Crippen molar-refractivity contribution < 1.29 is 14.6 Å². The summed E-state index contributed by atoms with van der Waals surface area (Å²) in [6.45, 7) is 0.422. The number of rotatable bonds is 6. The minimum atomic E-state index is -0.341. The molecule has 2 N–H and O–H groups in total. The largest absolute Gasteiger partial charge is 0.507 e. The molecular formula is C12H15BrClNO3. The number of alkyl halides is 1. The number of carbonyl (C=O) groups is 1. The fourth-order valence-corrected chi connectivity index (χ4v) is 2.21. The molecule has 0 aromatic heterocycles. The lowest BCUT2D eigenvalue weighted by Gasteiger charge is -2.17. The maximum atomic E-state index is 12.0. The van der Waals surface area contributed by atoms with Gasteiger partial charge in [0.2, 0.25) is 0 Å². The van der Waals surface area contributed by atoms with E-state index in [0.29, 0.717) is 11.6 Å². The number of hydrogen-bond acceptors (Lipinski definition) is 3. The third-order valence-electron chi connectivity index (χ3n) is 2.37. The normalized spacial score (nSPS) is 12.2. The van der Waals surface area contributed by atoms with Gasteiger partial charge >= 0.3 is 0 Å². The zero-order valence-electron chi connectivity index (χ0n) is 9.95. The summed E-state index contributed by atoms with van der Waals surface area (Å²) in [7, 11) is 1.58. The molecule has 1 aromatic carbocycles. The third kappa shape index (κ3) is 4.48. The number of nitrogens with one attached hydrogen (secondary N) is 1. The second-order valence-corrected chi connectivity index (χ2v) is 4.99. The van der Waals surface area contributed by atoms with Gasteiger partial charge in [0.05, 0.1) is 18.2 Å². The van der Waals surface area contributed by atoms with Crippen LogP contribution in [-0.2, 0) is 4.74 Å². The number of phenolic OH excluding ortho intramolecular Hbond substituents is 1. The van der Waals surface area contributed by atoms with Crippen LogP contribution in [0, 0.1) is 0 Å². The molecule has 0 heterocycles. The molecule has 0 spiro atoms. The van der Waals surface area contributed by atoms with Gasteiger partial charge in [0.25, 0.3) is 5.91 Å². The van der Waals surface area contributed by atoms with E-state index < -0.39 is 0 Å². The number of amides is 1. The third-order valence-corrected chi connectivity index (χ3v) is 3.06. The number of benzene rings is 1. The molecule has 1 aromatic rings. The van der Waals surface area contributed by atoms with Crippen molar-refractivity contribution in [2.75, 3.05) is 19.0 Å². The maximum absolute atomic E-state index is 12.0. The van der Waals surface area contributed by atoms with Crippen LogP contribution in [0.15, 0.2) is 18.2 Å². The van der Waals surface area contributed by atoms with Gasteiger partial charge in [-0.2, -0.15) is 0 Å². The molecule has 6 heteroatoms. The fourth-order valence-electron chi connectivity index (χ4n) is 1.49. The fraction of sp³-hybridized carbons (Fsp3) is 0.417. The Hall–Kier alpha value is -0.780. The van der Waals surface area contributed by atoms with Gasteiger partial charge in [-0.05, 0) is 24.6 Å². The molecule has 0 aliphatic heterocycles. The van der Waals surface area contributed by atoms with Crippen molar-refractivity contribution in [2.45, 2.75) is 12.5 Å². The predicted molar refractivity (Wildman–Crippen MR) is 74.7 cm³/mol. The van der Waals surface area contributed by atoms with Crippen LogP contribution in [0.25, 0.3) is 0 Å². The molecular weight excluding hydrogens is 321 g/mol. The summed E-state index contributed by atoms with van der Waals surface area (Å²) in [6, 6.07) is 4.29. The number of methoxy groups -OCH3 is 1. The van der Waals surface area contributed by atoms with Gasteiger partial charge in [-0.25, -0.2) is 0 Å². The van der Waals surface area contributed by atoms with Crippen LogP contribution in [0.3, 0.4) is 0 Å². The van der Waals surface area contributed by atoms with Gasteiger partial charge in [-0.15, -0.1) is 0 Å². The highest BCUT2D eigenvalue weighted by Crippen LogP contribution is 2.21. The van der Waals surface area contributed by atoms with E-state index in [4.69, 9.17) is 16.3 Å². The summed E-state index contributed by atoms with van der Waals surface area (Å²) in [5.41, 5.74) is 0.204. The smallest absolute Gasteiger partial charge is 0.255 e. The average Bonchev–Trinajstić information content (AvgIpc) is 2.29. The molecule has 0 bridgehead atoms. The van der Waals surface area contributed by atoms with Gasteiger partial charge in [0.1, 0.15) is 5.75 Å². The molecule has 1 rings (SSSR count). The first-order valence-electron chi connectivity index (χ1n) is 5.42. The standard InChI is InChI=1S/C12H15BrClNO3/c1-18-7-9(4-5-13)15-12(17)10-3-2-8(14)6-11(10)16/h2-3,6,9,16H,4-5,7H2,1H3,(H,15,17). The highest BCUT2D eigenvalue weighted by molar-refractivity contribution is 9.09. The Morgan fingerprint density at radius 2 is 2.33 bits per heavy atom. The minimum Gasteiger partial charge on any atom is -0.507 e. The lowest BCUT2D eigenvalue weighted by Crippen LogP contribution is -2.38.